The van der Waals surface area contributed by atoms with Gasteiger partial charge >= 0.3 is 0 Å². The highest BCUT2D eigenvalue weighted by atomic mass is 32.2. The van der Waals surface area contributed by atoms with Gasteiger partial charge in [-0.25, -0.2) is 13.1 Å². The lowest BCUT2D eigenvalue weighted by atomic mass is 9.92. The summed E-state index contributed by atoms with van der Waals surface area (Å²) >= 11 is 0. The molecule has 8 heteroatoms. The smallest absolute Gasteiger partial charge is 0.243 e. The molecule has 0 spiro atoms. The maximum Gasteiger partial charge on any atom is 0.243 e. The third-order valence-electron chi connectivity index (χ3n) is 5.47. The van der Waals surface area contributed by atoms with E-state index in [0.29, 0.717) is 42.6 Å². The molecule has 0 bridgehead atoms. The van der Waals surface area contributed by atoms with Crippen LogP contribution in [-0.2, 0) is 20.2 Å². The molecule has 2 heterocycles. The molecule has 1 N–H and O–H groups in total. The highest BCUT2D eigenvalue weighted by Gasteiger charge is 2.31. The SMILES string of the molecule is CC(C)(C)c1nn(C2CCCC2)cc1S(=O)(=O)NCCCN1CCCC1=O. The third-order valence-corrected chi connectivity index (χ3v) is 6.93. The minimum absolute atomic E-state index is 0.172. The van der Waals surface area contributed by atoms with Crippen LogP contribution in [0.25, 0.3) is 0 Å². The quantitative estimate of drug-likeness (QED) is 0.718. The van der Waals surface area contributed by atoms with Gasteiger partial charge in [0.25, 0.3) is 0 Å². The van der Waals surface area contributed by atoms with E-state index in [-0.39, 0.29) is 11.3 Å². The largest absolute Gasteiger partial charge is 0.343 e. The van der Waals surface area contributed by atoms with E-state index < -0.39 is 10.0 Å². The first-order valence-corrected chi connectivity index (χ1v) is 11.5. The van der Waals surface area contributed by atoms with Crippen LogP contribution in [0.1, 0.15) is 77.5 Å². The van der Waals surface area contributed by atoms with Gasteiger partial charge in [-0.3, -0.25) is 9.48 Å². The second-order valence-electron chi connectivity index (χ2n) is 8.75. The number of likely N-dealkylation sites (tertiary alicyclic amines) is 1. The maximum atomic E-state index is 12.9. The monoisotopic (exact) mass is 396 g/mol. The normalized spacial score (nSPS) is 19.4. The summed E-state index contributed by atoms with van der Waals surface area (Å²) in [6, 6.07) is 0.302. The summed E-state index contributed by atoms with van der Waals surface area (Å²) in [5, 5.41) is 4.68. The van der Waals surface area contributed by atoms with E-state index in [1.165, 1.54) is 12.8 Å². The number of sulfonamides is 1. The molecular formula is C19H32N4O3S. The highest BCUT2D eigenvalue weighted by Crippen LogP contribution is 2.33. The Morgan fingerprint density at radius 2 is 1.93 bits per heavy atom. The number of rotatable bonds is 7. The van der Waals surface area contributed by atoms with E-state index in [4.69, 9.17) is 0 Å². The van der Waals surface area contributed by atoms with Crippen molar-refractivity contribution in [2.45, 2.75) is 82.1 Å². The number of carbonyl (C=O) groups is 1. The van der Waals surface area contributed by atoms with Crippen LogP contribution in [0.5, 0.6) is 0 Å². The van der Waals surface area contributed by atoms with Crippen LogP contribution in [0, 0.1) is 0 Å². The Kier molecular flexibility index (Phi) is 5.96. The van der Waals surface area contributed by atoms with E-state index in [1.807, 2.05) is 30.4 Å². The Hall–Kier alpha value is -1.41. The van der Waals surface area contributed by atoms with Crippen LogP contribution >= 0.6 is 0 Å². The van der Waals surface area contributed by atoms with Crippen molar-refractivity contribution in [3.63, 3.8) is 0 Å². The molecule has 0 radical (unpaired) electrons. The van der Waals surface area contributed by atoms with E-state index in [9.17, 15) is 13.2 Å². The number of hydrogen-bond donors (Lipinski definition) is 1. The van der Waals surface area contributed by atoms with Crippen LogP contribution in [0.2, 0.25) is 0 Å². The van der Waals surface area contributed by atoms with Crippen molar-refractivity contribution in [3.8, 4) is 0 Å². The predicted octanol–water partition coefficient (Wildman–Crippen LogP) is 2.59. The fourth-order valence-electron chi connectivity index (χ4n) is 3.94. The zero-order chi connectivity index (χ0) is 19.7. The summed E-state index contributed by atoms with van der Waals surface area (Å²) in [5.74, 6) is 0.172. The molecule has 1 aliphatic carbocycles. The summed E-state index contributed by atoms with van der Waals surface area (Å²) in [6.45, 7) is 7.69. The molecule has 7 nitrogen and oxygen atoms in total. The minimum Gasteiger partial charge on any atom is -0.343 e. The van der Waals surface area contributed by atoms with Crippen LogP contribution in [0.3, 0.4) is 0 Å². The Labute approximate surface area is 162 Å². The summed E-state index contributed by atoms with van der Waals surface area (Å²) in [7, 11) is -3.63. The van der Waals surface area contributed by atoms with Gasteiger partial charge in [-0.2, -0.15) is 5.10 Å². The van der Waals surface area contributed by atoms with Crippen LogP contribution in [0.15, 0.2) is 11.1 Å². The number of carbonyl (C=O) groups excluding carboxylic acids is 1. The van der Waals surface area contributed by atoms with Gasteiger partial charge in [-0.15, -0.1) is 0 Å². The predicted molar refractivity (Wildman–Crippen MR) is 104 cm³/mol. The molecule has 27 heavy (non-hydrogen) atoms. The standard InChI is InChI=1S/C19H32N4O3S/c1-19(2,3)18-16(14-23(21-18)15-8-4-5-9-15)27(25,26)20-11-7-13-22-12-6-10-17(22)24/h14-15,20H,4-13H2,1-3H3. The number of nitrogens with one attached hydrogen (secondary N) is 1. The minimum atomic E-state index is -3.63. The maximum absolute atomic E-state index is 12.9. The highest BCUT2D eigenvalue weighted by molar-refractivity contribution is 7.89. The summed E-state index contributed by atoms with van der Waals surface area (Å²) in [4.78, 5) is 13.8. The zero-order valence-corrected chi connectivity index (χ0v) is 17.5. The fraction of sp³-hybridized carbons (Fsp3) is 0.789. The summed E-state index contributed by atoms with van der Waals surface area (Å²) in [6.07, 6.45) is 8.30. The van der Waals surface area contributed by atoms with Crippen LogP contribution in [0.4, 0.5) is 0 Å². The molecule has 3 rings (SSSR count). The first kappa shape index (κ1) is 20.3. The van der Waals surface area contributed by atoms with Gasteiger partial charge < -0.3 is 4.90 Å². The van der Waals surface area contributed by atoms with Crippen molar-refractivity contribution in [3.05, 3.63) is 11.9 Å². The second kappa shape index (κ2) is 7.91. The molecule has 0 atom stereocenters. The topological polar surface area (TPSA) is 84.3 Å². The van der Waals surface area contributed by atoms with Gasteiger partial charge in [0.2, 0.25) is 15.9 Å². The lowest BCUT2D eigenvalue weighted by Crippen LogP contribution is -2.31. The van der Waals surface area contributed by atoms with Crippen molar-refractivity contribution >= 4 is 15.9 Å². The molecule has 0 unspecified atom stereocenters. The van der Waals surface area contributed by atoms with Crippen molar-refractivity contribution < 1.29 is 13.2 Å². The molecule has 1 amide bonds. The first-order chi connectivity index (χ1) is 12.7. The van der Waals surface area contributed by atoms with Crippen molar-refractivity contribution in [2.24, 2.45) is 0 Å². The van der Waals surface area contributed by atoms with Crippen LogP contribution in [-0.4, -0.2) is 48.6 Å². The molecule has 152 valence electrons. The summed E-state index contributed by atoms with van der Waals surface area (Å²) < 4.78 is 30.5. The van der Waals surface area contributed by atoms with Gasteiger partial charge in [-0.1, -0.05) is 33.6 Å². The second-order valence-corrected chi connectivity index (χ2v) is 10.5. The number of nitrogens with zero attached hydrogens (tertiary/aromatic N) is 3. The summed E-state index contributed by atoms with van der Waals surface area (Å²) in [5.41, 5.74) is 0.271. The molecule has 1 aliphatic heterocycles. The van der Waals surface area contributed by atoms with Gasteiger partial charge in [0, 0.05) is 37.7 Å². The lowest BCUT2D eigenvalue weighted by molar-refractivity contribution is -0.127. The molecule has 2 aliphatic rings. The van der Waals surface area contributed by atoms with Gasteiger partial charge in [0.05, 0.1) is 11.7 Å². The van der Waals surface area contributed by atoms with Gasteiger partial charge in [0.1, 0.15) is 4.90 Å². The number of amides is 1. The van der Waals surface area contributed by atoms with E-state index in [2.05, 4.69) is 9.82 Å². The van der Waals surface area contributed by atoms with Crippen molar-refractivity contribution in [1.82, 2.24) is 19.4 Å². The Morgan fingerprint density at radius 1 is 1.22 bits per heavy atom. The van der Waals surface area contributed by atoms with Gasteiger partial charge in [-0.05, 0) is 25.7 Å². The molecule has 1 aromatic rings. The van der Waals surface area contributed by atoms with E-state index in [0.717, 1.165) is 25.8 Å². The zero-order valence-electron chi connectivity index (χ0n) is 16.7. The average molecular weight is 397 g/mol. The Balaban J connectivity index is 1.69. The molecular weight excluding hydrogens is 364 g/mol. The molecule has 1 saturated carbocycles. The number of aromatic nitrogens is 2. The van der Waals surface area contributed by atoms with Gasteiger partial charge in [0.15, 0.2) is 0 Å². The lowest BCUT2D eigenvalue weighted by Gasteiger charge is -2.18. The van der Waals surface area contributed by atoms with Crippen LogP contribution < -0.4 is 4.72 Å². The molecule has 0 aromatic carbocycles. The molecule has 1 saturated heterocycles. The van der Waals surface area contributed by atoms with Crippen molar-refractivity contribution in [1.29, 1.82) is 0 Å². The molecule has 2 fully saturated rings. The fourth-order valence-corrected chi connectivity index (χ4v) is 5.36. The third kappa shape index (κ3) is 4.71. The van der Waals surface area contributed by atoms with E-state index in [1.54, 1.807) is 6.20 Å². The number of hydrogen-bond acceptors (Lipinski definition) is 4. The van der Waals surface area contributed by atoms with E-state index >= 15 is 0 Å². The first-order valence-electron chi connectivity index (χ1n) is 10.1. The van der Waals surface area contributed by atoms with Crippen molar-refractivity contribution in [2.75, 3.05) is 19.6 Å². The Morgan fingerprint density at radius 3 is 2.52 bits per heavy atom. The molecule has 1 aromatic heterocycles. The average Bonchev–Trinajstić information content (AvgIpc) is 3.31. The Bertz CT molecular complexity index is 773.